The zero-order chi connectivity index (χ0) is 9.83. The monoisotopic (exact) mass is 210 g/mol. The molecule has 0 spiro atoms. The number of hydrogen-bond acceptors (Lipinski definition) is 2. The van der Waals surface area contributed by atoms with Crippen LogP contribution in [0, 0.1) is 0 Å². The molecular formula is C8H19ClO2Si. The lowest BCUT2D eigenvalue weighted by Crippen LogP contribution is -2.40. The minimum Gasteiger partial charge on any atom is -0.375 e. The SMILES string of the molecule is CCC[Si](C)(Cl)OC(C)(C)OC. The van der Waals surface area contributed by atoms with Crippen molar-refractivity contribution in [1.82, 2.24) is 0 Å². The Morgan fingerprint density at radius 2 is 1.92 bits per heavy atom. The van der Waals surface area contributed by atoms with Gasteiger partial charge in [-0.15, -0.1) is 11.1 Å². The lowest BCUT2D eigenvalue weighted by Gasteiger charge is -2.31. The highest BCUT2D eigenvalue weighted by molar-refractivity contribution is 7.16. The van der Waals surface area contributed by atoms with Crippen molar-refractivity contribution in [2.45, 2.75) is 45.6 Å². The molecule has 12 heavy (non-hydrogen) atoms. The highest BCUT2D eigenvalue weighted by Crippen LogP contribution is 2.25. The van der Waals surface area contributed by atoms with Crippen LogP contribution in [-0.2, 0) is 9.16 Å². The van der Waals surface area contributed by atoms with Crippen LogP contribution in [0.2, 0.25) is 12.6 Å². The predicted molar refractivity (Wildman–Crippen MR) is 54.7 cm³/mol. The molecule has 74 valence electrons. The summed E-state index contributed by atoms with van der Waals surface area (Å²) < 4.78 is 10.8. The van der Waals surface area contributed by atoms with Crippen LogP contribution < -0.4 is 0 Å². The van der Waals surface area contributed by atoms with Crippen molar-refractivity contribution in [3.63, 3.8) is 0 Å². The molecule has 0 fully saturated rings. The molecule has 0 heterocycles. The summed E-state index contributed by atoms with van der Waals surface area (Å²) >= 11 is 6.24. The minimum atomic E-state index is -2.01. The van der Waals surface area contributed by atoms with E-state index in [-0.39, 0.29) is 0 Å². The van der Waals surface area contributed by atoms with Gasteiger partial charge in [0.05, 0.1) is 0 Å². The molecular weight excluding hydrogens is 192 g/mol. The molecule has 1 unspecified atom stereocenters. The first-order valence-corrected chi connectivity index (χ1v) is 7.90. The quantitative estimate of drug-likeness (QED) is 0.395. The largest absolute Gasteiger partial charge is 0.375 e. The van der Waals surface area contributed by atoms with Gasteiger partial charge in [0.25, 0.3) is 7.63 Å². The maximum Gasteiger partial charge on any atom is 0.289 e. The molecule has 0 amide bonds. The average Bonchev–Trinajstić information content (AvgIpc) is 1.85. The second kappa shape index (κ2) is 4.60. The minimum absolute atomic E-state index is 0.544. The van der Waals surface area contributed by atoms with Crippen molar-refractivity contribution in [1.29, 1.82) is 0 Å². The number of ether oxygens (including phenoxy) is 1. The summed E-state index contributed by atoms with van der Waals surface area (Å²) in [6, 6.07) is 0.960. The second-order valence-electron chi connectivity index (χ2n) is 3.56. The van der Waals surface area contributed by atoms with Crippen molar-refractivity contribution in [2.24, 2.45) is 0 Å². The number of rotatable bonds is 5. The molecule has 0 aliphatic heterocycles. The topological polar surface area (TPSA) is 18.5 Å². The van der Waals surface area contributed by atoms with Crippen LogP contribution in [0.1, 0.15) is 27.2 Å². The lowest BCUT2D eigenvalue weighted by molar-refractivity contribution is -0.139. The van der Waals surface area contributed by atoms with Crippen molar-refractivity contribution in [3.8, 4) is 0 Å². The molecule has 0 aliphatic carbocycles. The van der Waals surface area contributed by atoms with Crippen LogP contribution in [0.4, 0.5) is 0 Å². The summed E-state index contributed by atoms with van der Waals surface area (Å²) in [5.41, 5.74) is 0. The lowest BCUT2D eigenvalue weighted by atomic mass is 10.4. The van der Waals surface area contributed by atoms with Gasteiger partial charge in [0, 0.05) is 7.11 Å². The zero-order valence-electron chi connectivity index (χ0n) is 8.61. The summed E-state index contributed by atoms with van der Waals surface area (Å²) in [4.78, 5) is 0. The molecule has 0 rings (SSSR count). The highest BCUT2D eigenvalue weighted by Gasteiger charge is 2.33. The van der Waals surface area contributed by atoms with E-state index in [1.54, 1.807) is 7.11 Å². The van der Waals surface area contributed by atoms with Gasteiger partial charge < -0.3 is 9.16 Å². The molecule has 0 aliphatic rings. The molecule has 0 N–H and O–H groups in total. The first-order valence-electron chi connectivity index (χ1n) is 4.27. The van der Waals surface area contributed by atoms with E-state index in [9.17, 15) is 0 Å². The Balaban J connectivity index is 4.04. The fraction of sp³-hybridized carbons (Fsp3) is 1.00. The Morgan fingerprint density at radius 1 is 1.42 bits per heavy atom. The van der Waals surface area contributed by atoms with Crippen LogP contribution in [-0.4, -0.2) is 20.5 Å². The Bertz CT molecular complexity index is 137. The Hall–Kier alpha value is 0.427. The molecule has 4 heteroatoms. The van der Waals surface area contributed by atoms with Gasteiger partial charge >= 0.3 is 0 Å². The fourth-order valence-corrected chi connectivity index (χ4v) is 4.28. The van der Waals surface area contributed by atoms with Crippen LogP contribution in [0.25, 0.3) is 0 Å². The maximum absolute atomic E-state index is 6.24. The van der Waals surface area contributed by atoms with Gasteiger partial charge in [0.15, 0.2) is 5.79 Å². The van der Waals surface area contributed by atoms with Crippen molar-refractivity contribution in [2.75, 3.05) is 7.11 Å². The van der Waals surface area contributed by atoms with Gasteiger partial charge in [-0.25, -0.2) is 0 Å². The smallest absolute Gasteiger partial charge is 0.289 e. The average molecular weight is 211 g/mol. The maximum atomic E-state index is 6.24. The molecule has 2 nitrogen and oxygen atoms in total. The number of methoxy groups -OCH3 is 1. The summed E-state index contributed by atoms with van der Waals surface area (Å²) in [7, 11) is -0.380. The number of halogens is 1. The number of hydrogen-bond donors (Lipinski definition) is 0. The van der Waals surface area contributed by atoms with Crippen LogP contribution in [0.3, 0.4) is 0 Å². The van der Waals surface area contributed by atoms with Crippen LogP contribution >= 0.6 is 11.1 Å². The fourth-order valence-electron chi connectivity index (χ4n) is 1.05. The molecule has 0 aromatic carbocycles. The van der Waals surface area contributed by atoms with Gasteiger partial charge in [-0.3, -0.25) is 0 Å². The van der Waals surface area contributed by atoms with Gasteiger partial charge in [0.2, 0.25) is 0 Å². The van der Waals surface area contributed by atoms with Crippen molar-refractivity contribution in [3.05, 3.63) is 0 Å². The molecule has 0 saturated heterocycles. The van der Waals surface area contributed by atoms with Gasteiger partial charge in [0.1, 0.15) is 0 Å². The third kappa shape index (κ3) is 5.14. The van der Waals surface area contributed by atoms with Crippen LogP contribution in [0.15, 0.2) is 0 Å². The van der Waals surface area contributed by atoms with E-state index in [1.165, 1.54) is 0 Å². The van der Waals surface area contributed by atoms with Gasteiger partial charge in [-0.05, 0) is 26.4 Å². The molecule has 0 bridgehead atoms. The summed E-state index contributed by atoms with van der Waals surface area (Å²) in [5.74, 6) is -0.544. The summed E-state index contributed by atoms with van der Waals surface area (Å²) in [5, 5.41) is 0. The third-order valence-corrected chi connectivity index (χ3v) is 4.76. The standard InChI is InChI=1S/C8H19ClO2Si/c1-6-7-12(5,9)11-8(2,3)10-4/h6-7H2,1-5H3. The Morgan fingerprint density at radius 3 is 2.25 bits per heavy atom. The molecule has 0 aromatic rings. The van der Waals surface area contributed by atoms with Crippen molar-refractivity contribution >= 4 is 18.7 Å². The van der Waals surface area contributed by atoms with E-state index in [1.807, 2.05) is 20.4 Å². The van der Waals surface area contributed by atoms with E-state index in [0.29, 0.717) is 0 Å². The van der Waals surface area contributed by atoms with Gasteiger partial charge in [-0.1, -0.05) is 13.3 Å². The summed E-state index contributed by atoms with van der Waals surface area (Å²) in [6.45, 7) is 7.88. The molecule has 0 saturated carbocycles. The van der Waals surface area contributed by atoms with Crippen molar-refractivity contribution < 1.29 is 9.16 Å². The van der Waals surface area contributed by atoms with E-state index < -0.39 is 13.4 Å². The van der Waals surface area contributed by atoms with Gasteiger partial charge in [-0.2, -0.15) is 0 Å². The first kappa shape index (κ1) is 12.4. The Labute approximate surface area is 81.0 Å². The zero-order valence-corrected chi connectivity index (χ0v) is 10.4. The second-order valence-corrected chi connectivity index (χ2v) is 8.86. The van der Waals surface area contributed by atoms with E-state index in [4.69, 9.17) is 20.2 Å². The van der Waals surface area contributed by atoms with E-state index in [0.717, 1.165) is 12.5 Å². The predicted octanol–water partition coefficient (Wildman–Crippen LogP) is 3.11. The molecule has 0 radical (unpaired) electrons. The molecule has 1 atom stereocenters. The van der Waals surface area contributed by atoms with E-state index in [2.05, 4.69) is 6.92 Å². The summed E-state index contributed by atoms with van der Waals surface area (Å²) in [6.07, 6.45) is 1.06. The van der Waals surface area contributed by atoms with E-state index >= 15 is 0 Å². The first-order chi connectivity index (χ1) is 5.33. The Kier molecular flexibility index (Phi) is 4.77. The third-order valence-electron chi connectivity index (χ3n) is 1.65. The normalized spacial score (nSPS) is 17.5. The van der Waals surface area contributed by atoms with Crippen LogP contribution in [0.5, 0.6) is 0 Å². The highest BCUT2D eigenvalue weighted by atomic mass is 35.6. The molecule has 0 aromatic heterocycles.